The largest absolute Gasteiger partial charge is 0.393 e. The molecule has 3 saturated carbocycles. The molecule has 0 radical (unpaired) electrons. The molecule has 0 aromatic carbocycles. The molecule has 3 aliphatic rings. The Labute approximate surface area is 91.7 Å². The Hall–Kier alpha value is 0.310. The van der Waals surface area contributed by atoms with Crippen LogP contribution < -0.4 is 0 Å². The highest BCUT2D eigenvalue weighted by molar-refractivity contribution is 7.80. The number of hydrogen-bond acceptors (Lipinski definition) is 2. The Bertz CT molecular complexity index is 242. The van der Waals surface area contributed by atoms with Gasteiger partial charge in [-0.25, -0.2) is 0 Å². The van der Waals surface area contributed by atoms with Gasteiger partial charge in [0.1, 0.15) is 0 Å². The van der Waals surface area contributed by atoms with Crippen molar-refractivity contribution in [2.24, 2.45) is 17.3 Å². The first-order valence-electron chi connectivity index (χ1n) is 6.06. The van der Waals surface area contributed by atoms with Crippen molar-refractivity contribution >= 4 is 12.6 Å². The van der Waals surface area contributed by atoms with Crippen molar-refractivity contribution in [3.63, 3.8) is 0 Å². The minimum atomic E-state index is -0.0163. The summed E-state index contributed by atoms with van der Waals surface area (Å²) in [5.41, 5.74) is 0.511. The van der Waals surface area contributed by atoms with E-state index < -0.39 is 0 Å². The van der Waals surface area contributed by atoms with Gasteiger partial charge in [-0.15, -0.1) is 0 Å². The summed E-state index contributed by atoms with van der Waals surface area (Å²) in [6.07, 6.45) is 8.90. The number of aliphatic hydroxyl groups is 1. The van der Waals surface area contributed by atoms with Crippen molar-refractivity contribution in [3.8, 4) is 0 Å². The quantitative estimate of drug-likeness (QED) is 0.591. The highest BCUT2D eigenvalue weighted by Crippen LogP contribution is 2.60. The Morgan fingerprint density at radius 2 is 2.00 bits per heavy atom. The van der Waals surface area contributed by atoms with E-state index in [4.69, 9.17) is 12.6 Å². The molecule has 0 heterocycles. The van der Waals surface area contributed by atoms with E-state index >= 15 is 0 Å². The molecule has 3 aliphatic carbocycles. The molecular formula is C12H20OS. The molecule has 80 valence electrons. The van der Waals surface area contributed by atoms with E-state index in [9.17, 15) is 5.11 Å². The second kappa shape index (κ2) is 3.15. The Morgan fingerprint density at radius 3 is 2.71 bits per heavy atom. The zero-order valence-electron chi connectivity index (χ0n) is 8.65. The minimum Gasteiger partial charge on any atom is -0.393 e. The summed E-state index contributed by atoms with van der Waals surface area (Å²) in [4.78, 5) is 0. The summed E-state index contributed by atoms with van der Waals surface area (Å²) in [6.45, 7) is 0. The fourth-order valence-corrected chi connectivity index (χ4v) is 4.83. The van der Waals surface area contributed by atoms with Crippen LogP contribution >= 0.6 is 12.6 Å². The van der Waals surface area contributed by atoms with Gasteiger partial charge in [-0.3, -0.25) is 0 Å². The van der Waals surface area contributed by atoms with Crippen molar-refractivity contribution in [3.05, 3.63) is 0 Å². The Kier molecular flexibility index (Phi) is 2.14. The van der Waals surface area contributed by atoms with E-state index in [0.717, 1.165) is 18.8 Å². The first-order valence-corrected chi connectivity index (χ1v) is 6.57. The zero-order chi connectivity index (χ0) is 9.76. The zero-order valence-corrected chi connectivity index (χ0v) is 9.55. The second-order valence-electron chi connectivity index (χ2n) is 5.80. The van der Waals surface area contributed by atoms with Crippen LogP contribution in [0.4, 0.5) is 0 Å². The summed E-state index contributed by atoms with van der Waals surface area (Å²) < 4.78 is 0. The highest BCUT2D eigenvalue weighted by Gasteiger charge is 2.52. The summed E-state index contributed by atoms with van der Waals surface area (Å²) in [5, 5.41) is 10.7. The van der Waals surface area contributed by atoms with Crippen molar-refractivity contribution in [1.82, 2.24) is 0 Å². The van der Waals surface area contributed by atoms with Gasteiger partial charge in [0.05, 0.1) is 6.10 Å². The van der Waals surface area contributed by atoms with E-state index in [-0.39, 0.29) is 6.10 Å². The van der Waals surface area contributed by atoms with Gasteiger partial charge in [0.15, 0.2) is 0 Å². The van der Waals surface area contributed by atoms with Crippen LogP contribution in [-0.2, 0) is 0 Å². The molecule has 5 unspecified atom stereocenters. The van der Waals surface area contributed by atoms with E-state index in [1.165, 1.54) is 32.1 Å². The minimum absolute atomic E-state index is 0.0163. The lowest BCUT2D eigenvalue weighted by Crippen LogP contribution is -2.42. The molecule has 0 aromatic heterocycles. The molecule has 1 spiro atoms. The molecular weight excluding hydrogens is 192 g/mol. The van der Waals surface area contributed by atoms with Crippen LogP contribution in [-0.4, -0.2) is 16.5 Å². The summed E-state index contributed by atoms with van der Waals surface area (Å²) >= 11 is 4.69. The van der Waals surface area contributed by atoms with Gasteiger partial charge in [-0.1, -0.05) is 0 Å². The monoisotopic (exact) mass is 212 g/mol. The molecule has 2 bridgehead atoms. The van der Waals surface area contributed by atoms with Gasteiger partial charge in [0, 0.05) is 5.25 Å². The van der Waals surface area contributed by atoms with Crippen molar-refractivity contribution in [2.45, 2.75) is 56.3 Å². The predicted molar refractivity (Wildman–Crippen MR) is 60.5 cm³/mol. The third-order valence-electron chi connectivity index (χ3n) is 5.12. The number of hydrogen-bond donors (Lipinski definition) is 2. The van der Waals surface area contributed by atoms with E-state index in [2.05, 4.69) is 0 Å². The lowest BCUT2D eigenvalue weighted by atomic mass is 9.55. The molecule has 5 atom stereocenters. The number of fused-ring (bicyclic) bond motifs is 2. The van der Waals surface area contributed by atoms with Gasteiger partial charge in [-0.2, -0.15) is 12.6 Å². The van der Waals surface area contributed by atoms with Crippen molar-refractivity contribution < 1.29 is 5.11 Å². The van der Waals surface area contributed by atoms with Crippen LogP contribution in [0.5, 0.6) is 0 Å². The molecule has 14 heavy (non-hydrogen) atoms. The maximum atomic E-state index is 10.2. The second-order valence-corrected chi connectivity index (χ2v) is 6.53. The van der Waals surface area contributed by atoms with Gasteiger partial charge >= 0.3 is 0 Å². The third kappa shape index (κ3) is 1.26. The topological polar surface area (TPSA) is 20.2 Å². The summed E-state index contributed by atoms with van der Waals surface area (Å²) in [7, 11) is 0. The normalized spacial score (nSPS) is 57.0. The standard InChI is InChI=1S/C12H20OS/c13-11-7-12-4-3-9(12)2-1-8(11)5-10(14)6-12/h8-11,13-14H,1-7H2. The number of aliphatic hydroxyl groups excluding tert-OH is 1. The Morgan fingerprint density at radius 1 is 1.14 bits per heavy atom. The first-order chi connectivity index (χ1) is 6.70. The molecule has 0 saturated heterocycles. The molecule has 0 aliphatic heterocycles. The SMILES string of the molecule is OC1CC23CCC2CCC1CC(S)C3. The fourth-order valence-electron chi connectivity index (χ4n) is 4.20. The van der Waals surface area contributed by atoms with Gasteiger partial charge in [0.2, 0.25) is 0 Å². The lowest BCUT2D eigenvalue weighted by Gasteiger charge is -2.50. The van der Waals surface area contributed by atoms with Crippen LogP contribution in [0.25, 0.3) is 0 Å². The smallest absolute Gasteiger partial charge is 0.0574 e. The molecule has 1 N–H and O–H groups in total. The number of thiol groups is 1. The molecule has 0 amide bonds. The Balaban J connectivity index is 1.92. The van der Waals surface area contributed by atoms with Crippen LogP contribution in [0.2, 0.25) is 0 Å². The van der Waals surface area contributed by atoms with Gasteiger partial charge < -0.3 is 5.11 Å². The summed E-state index contributed by atoms with van der Waals surface area (Å²) in [6, 6.07) is 0. The lowest BCUT2D eigenvalue weighted by molar-refractivity contribution is -0.0127. The van der Waals surface area contributed by atoms with Gasteiger partial charge in [-0.05, 0) is 62.2 Å². The van der Waals surface area contributed by atoms with E-state index in [0.29, 0.717) is 16.6 Å². The average Bonchev–Trinajstić information content (AvgIpc) is 2.28. The maximum absolute atomic E-state index is 10.2. The highest BCUT2D eigenvalue weighted by atomic mass is 32.1. The van der Waals surface area contributed by atoms with Crippen LogP contribution in [0.3, 0.4) is 0 Å². The van der Waals surface area contributed by atoms with Crippen LogP contribution in [0.1, 0.15) is 44.9 Å². The summed E-state index contributed by atoms with van der Waals surface area (Å²) in [5.74, 6) is 1.49. The maximum Gasteiger partial charge on any atom is 0.0574 e. The van der Waals surface area contributed by atoms with E-state index in [1.807, 2.05) is 0 Å². The molecule has 2 heteroatoms. The van der Waals surface area contributed by atoms with E-state index in [1.54, 1.807) is 0 Å². The van der Waals surface area contributed by atoms with Crippen LogP contribution in [0.15, 0.2) is 0 Å². The third-order valence-corrected chi connectivity index (χ3v) is 5.51. The fraction of sp³-hybridized carbons (Fsp3) is 1.00. The number of rotatable bonds is 0. The average molecular weight is 212 g/mol. The molecule has 0 aromatic rings. The van der Waals surface area contributed by atoms with Crippen molar-refractivity contribution in [1.29, 1.82) is 0 Å². The predicted octanol–water partition coefficient (Wildman–Crippen LogP) is 2.64. The van der Waals surface area contributed by atoms with Crippen molar-refractivity contribution in [2.75, 3.05) is 0 Å². The van der Waals surface area contributed by atoms with Gasteiger partial charge in [0.25, 0.3) is 0 Å². The molecule has 3 rings (SSSR count). The molecule has 1 nitrogen and oxygen atoms in total. The first kappa shape index (κ1) is 9.53. The molecule has 3 fully saturated rings. The van der Waals surface area contributed by atoms with Crippen LogP contribution in [0, 0.1) is 17.3 Å².